The molecule has 1 aliphatic heterocycles. The van der Waals surface area contributed by atoms with Gasteiger partial charge < -0.3 is 10.4 Å². The molecule has 0 unspecified atom stereocenters. The van der Waals surface area contributed by atoms with Gasteiger partial charge in [0.25, 0.3) is 0 Å². The van der Waals surface area contributed by atoms with Gasteiger partial charge in [0.2, 0.25) is 0 Å². The first-order valence-electron chi connectivity index (χ1n) is 4.32. The lowest BCUT2D eigenvalue weighted by molar-refractivity contribution is -0.0223. The number of hydrogen-bond acceptors (Lipinski definition) is 3. The van der Waals surface area contributed by atoms with E-state index in [0.717, 1.165) is 12.2 Å². The average Bonchev–Trinajstić information content (AvgIpc) is 2.43. The van der Waals surface area contributed by atoms with Gasteiger partial charge >= 0.3 is 0 Å². The van der Waals surface area contributed by atoms with Gasteiger partial charge in [-0.05, 0) is 6.92 Å². The van der Waals surface area contributed by atoms with Crippen LogP contribution in [0.1, 0.15) is 12.6 Å². The molecule has 1 fully saturated rings. The van der Waals surface area contributed by atoms with Crippen molar-refractivity contribution >= 4 is 11.6 Å². The fourth-order valence-corrected chi connectivity index (χ4v) is 1.91. The second-order valence-electron chi connectivity index (χ2n) is 3.29. The lowest BCUT2D eigenvalue weighted by Crippen LogP contribution is -2.57. The SMILES string of the molecule is CCn1ncc(Cl)c1C1(O)CNC1. The molecular weight excluding hydrogens is 190 g/mol. The highest BCUT2D eigenvalue weighted by Crippen LogP contribution is 2.30. The number of nitrogens with zero attached hydrogens (tertiary/aromatic N) is 2. The quantitative estimate of drug-likeness (QED) is 0.726. The number of β-amino-alcohol motifs (C(OH)–C–C–N with tert-alkyl or cyclic N) is 1. The van der Waals surface area contributed by atoms with Crippen molar-refractivity contribution in [3.8, 4) is 0 Å². The van der Waals surface area contributed by atoms with E-state index in [2.05, 4.69) is 10.4 Å². The second-order valence-corrected chi connectivity index (χ2v) is 3.70. The van der Waals surface area contributed by atoms with Crippen LogP contribution in [0.15, 0.2) is 6.20 Å². The third-order valence-electron chi connectivity index (χ3n) is 2.37. The summed E-state index contributed by atoms with van der Waals surface area (Å²) >= 11 is 5.95. The summed E-state index contributed by atoms with van der Waals surface area (Å²) < 4.78 is 1.74. The first kappa shape index (κ1) is 8.99. The Kier molecular flexibility index (Phi) is 2.06. The summed E-state index contributed by atoms with van der Waals surface area (Å²) in [5.74, 6) is 0. The Morgan fingerprint density at radius 3 is 2.92 bits per heavy atom. The topological polar surface area (TPSA) is 50.1 Å². The van der Waals surface area contributed by atoms with E-state index >= 15 is 0 Å². The number of aromatic nitrogens is 2. The molecule has 2 rings (SSSR count). The van der Waals surface area contributed by atoms with Crippen LogP contribution >= 0.6 is 11.6 Å². The van der Waals surface area contributed by atoms with Crippen LogP contribution in [0.25, 0.3) is 0 Å². The van der Waals surface area contributed by atoms with Crippen LogP contribution in [0.2, 0.25) is 5.02 Å². The first-order valence-corrected chi connectivity index (χ1v) is 4.70. The van der Waals surface area contributed by atoms with E-state index in [4.69, 9.17) is 11.6 Å². The van der Waals surface area contributed by atoms with Crippen LogP contribution < -0.4 is 5.32 Å². The highest BCUT2D eigenvalue weighted by molar-refractivity contribution is 6.31. The standard InChI is InChI=1S/C8H12ClN3O/c1-2-12-7(6(9)3-11-12)8(13)4-10-5-8/h3,10,13H,2,4-5H2,1H3. The maximum atomic E-state index is 10.1. The van der Waals surface area contributed by atoms with Crippen molar-refractivity contribution in [2.24, 2.45) is 0 Å². The predicted molar refractivity (Wildman–Crippen MR) is 49.7 cm³/mol. The smallest absolute Gasteiger partial charge is 0.132 e. The third-order valence-corrected chi connectivity index (χ3v) is 2.65. The van der Waals surface area contributed by atoms with Crippen molar-refractivity contribution in [3.63, 3.8) is 0 Å². The van der Waals surface area contributed by atoms with Crippen molar-refractivity contribution < 1.29 is 5.11 Å². The number of nitrogens with one attached hydrogen (secondary N) is 1. The van der Waals surface area contributed by atoms with Crippen LogP contribution in [-0.4, -0.2) is 28.0 Å². The molecule has 72 valence electrons. The normalized spacial score (nSPS) is 19.9. The number of aliphatic hydroxyl groups is 1. The molecule has 2 heterocycles. The van der Waals surface area contributed by atoms with E-state index < -0.39 is 5.60 Å². The lowest BCUT2D eigenvalue weighted by Gasteiger charge is -2.37. The van der Waals surface area contributed by atoms with Gasteiger partial charge in [0, 0.05) is 19.6 Å². The summed E-state index contributed by atoms with van der Waals surface area (Å²) in [4.78, 5) is 0. The molecular formula is C8H12ClN3O. The van der Waals surface area contributed by atoms with Crippen molar-refractivity contribution in [3.05, 3.63) is 16.9 Å². The molecule has 0 bridgehead atoms. The fourth-order valence-electron chi connectivity index (χ4n) is 1.59. The minimum atomic E-state index is -0.816. The maximum Gasteiger partial charge on any atom is 0.132 e. The summed E-state index contributed by atoms with van der Waals surface area (Å²) in [6.45, 7) is 3.81. The van der Waals surface area contributed by atoms with Crippen molar-refractivity contribution in [1.82, 2.24) is 15.1 Å². The van der Waals surface area contributed by atoms with Gasteiger partial charge in [0.05, 0.1) is 16.9 Å². The highest BCUT2D eigenvalue weighted by Gasteiger charge is 2.40. The van der Waals surface area contributed by atoms with E-state index in [9.17, 15) is 5.11 Å². The Morgan fingerprint density at radius 1 is 1.77 bits per heavy atom. The molecule has 5 heteroatoms. The zero-order chi connectivity index (χ0) is 9.47. The summed E-state index contributed by atoms with van der Waals surface area (Å²) in [5, 5.41) is 17.7. The summed E-state index contributed by atoms with van der Waals surface area (Å²) in [7, 11) is 0. The number of hydrogen-bond donors (Lipinski definition) is 2. The molecule has 0 radical (unpaired) electrons. The van der Waals surface area contributed by atoms with Gasteiger partial charge in [-0.25, -0.2) is 0 Å². The summed E-state index contributed by atoms with van der Waals surface area (Å²) in [5.41, 5.74) is -0.0840. The zero-order valence-corrected chi connectivity index (χ0v) is 8.17. The maximum absolute atomic E-state index is 10.1. The van der Waals surface area contributed by atoms with Gasteiger partial charge in [-0.2, -0.15) is 5.10 Å². The van der Waals surface area contributed by atoms with Gasteiger partial charge in [-0.3, -0.25) is 4.68 Å². The molecule has 0 atom stereocenters. The number of aryl methyl sites for hydroxylation is 1. The van der Waals surface area contributed by atoms with Crippen LogP contribution in [-0.2, 0) is 12.1 Å². The number of halogens is 1. The van der Waals surface area contributed by atoms with Gasteiger partial charge in [-0.1, -0.05) is 11.6 Å². The Labute approximate surface area is 81.5 Å². The molecule has 0 aromatic carbocycles. The van der Waals surface area contributed by atoms with Crippen molar-refractivity contribution in [1.29, 1.82) is 0 Å². The predicted octanol–water partition coefficient (Wildman–Crippen LogP) is 0.347. The Balaban J connectivity index is 2.42. The fraction of sp³-hybridized carbons (Fsp3) is 0.625. The zero-order valence-electron chi connectivity index (χ0n) is 7.42. The van der Waals surface area contributed by atoms with E-state index in [1.165, 1.54) is 0 Å². The van der Waals surface area contributed by atoms with Crippen LogP contribution in [0.3, 0.4) is 0 Å². The van der Waals surface area contributed by atoms with Crippen molar-refractivity contribution in [2.45, 2.75) is 19.1 Å². The Hall–Kier alpha value is -0.580. The van der Waals surface area contributed by atoms with Crippen molar-refractivity contribution in [2.75, 3.05) is 13.1 Å². The minimum absolute atomic E-state index is 0.547. The third kappa shape index (κ3) is 1.25. The molecule has 2 N–H and O–H groups in total. The van der Waals surface area contributed by atoms with Crippen LogP contribution in [0, 0.1) is 0 Å². The van der Waals surface area contributed by atoms with E-state index in [-0.39, 0.29) is 0 Å². The summed E-state index contributed by atoms with van der Waals surface area (Å²) in [6, 6.07) is 0. The Morgan fingerprint density at radius 2 is 2.46 bits per heavy atom. The Bertz CT molecular complexity index is 319. The second kappa shape index (κ2) is 2.97. The molecule has 0 aliphatic carbocycles. The molecule has 0 amide bonds. The average molecular weight is 202 g/mol. The minimum Gasteiger partial charge on any atom is -0.381 e. The highest BCUT2D eigenvalue weighted by atomic mass is 35.5. The molecule has 0 spiro atoms. The molecule has 4 nitrogen and oxygen atoms in total. The molecule has 13 heavy (non-hydrogen) atoms. The van der Waals surface area contributed by atoms with E-state index in [1.54, 1.807) is 10.9 Å². The van der Waals surface area contributed by atoms with Gasteiger partial charge in [0.1, 0.15) is 5.60 Å². The first-order chi connectivity index (χ1) is 6.17. The van der Waals surface area contributed by atoms with E-state index in [0.29, 0.717) is 18.1 Å². The monoisotopic (exact) mass is 201 g/mol. The van der Waals surface area contributed by atoms with Gasteiger partial charge in [0.15, 0.2) is 0 Å². The lowest BCUT2D eigenvalue weighted by atomic mass is 9.93. The van der Waals surface area contributed by atoms with Gasteiger partial charge in [-0.15, -0.1) is 0 Å². The molecule has 0 saturated carbocycles. The van der Waals surface area contributed by atoms with E-state index in [1.807, 2.05) is 6.92 Å². The van der Waals surface area contributed by atoms with Crippen LogP contribution in [0.5, 0.6) is 0 Å². The molecule has 1 aromatic heterocycles. The molecule has 1 saturated heterocycles. The molecule has 1 aromatic rings. The van der Waals surface area contributed by atoms with Crippen LogP contribution in [0.4, 0.5) is 0 Å². The molecule has 1 aliphatic rings. The number of rotatable bonds is 2. The largest absolute Gasteiger partial charge is 0.381 e. The summed E-state index contributed by atoms with van der Waals surface area (Å²) in [6.07, 6.45) is 1.58.